The Morgan fingerprint density at radius 3 is 2.64 bits per heavy atom. The molecular formula is C19H22O3. The van der Waals surface area contributed by atoms with Crippen molar-refractivity contribution in [2.75, 3.05) is 0 Å². The van der Waals surface area contributed by atoms with Crippen molar-refractivity contribution in [3.63, 3.8) is 0 Å². The van der Waals surface area contributed by atoms with Gasteiger partial charge in [0.25, 0.3) is 0 Å². The van der Waals surface area contributed by atoms with Crippen molar-refractivity contribution in [1.29, 1.82) is 0 Å². The standard InChI is InChI=1S/C19H22O3/c20-12-6-4-11(5-7-12)16-10-18-17(8-13(21)9-19(18)22)15-3-1-2-14(15)16/h4,6-9,11,14-16,20-22H,1-3,5,10H2/t11?,14-,15+,16-/m0/s1. The number of aliphatic hydroxyl groups is 1. The third-order valence-electron chi connectivity index (χ3n) is 5.87. The van der Waals surface area contributed by atoms with Crippen LogP contribution in [-0.2, 0) is 6.42 Å². The normalized spacial score (nSPS) is 33.2. The fourth-order valence-electron chi connectivity index (χ4n) is 4.90. The van der Waals surface area contributed by atoms with Crippen molar-refractivity contribution >= 4 is 0 Å². The first-order valence-electron chi connectivity index (χ1n) is 8.25. The minimum absolute atomic E-state index is 0.172. The van der Waals surface area contributed by atoms with E-state index in [0.717, 1.165) is 30.4 Å². The minimum atomic E-state index is 0.172. The lowest BCUT2D eigenvalue weighted by molar-refractivity contribution is 0.220. The number of phenols is 2. The van der Waals surface area contributed by atoms with E-state index in [2.05, 4.69) is 6.08 Å². The summed E-state index contributed by atoms with van der Waals surface area (Å²) in [6, 6.07) is 3.32. The molecule has 0 bridgehead atoms. The summed E-state index contributed by atoms with van der Waals surface area (Å²) in [5.74, 6) is 2.80. The molecule has 22 heavy (non-hydrogen) atoms. The van der Waals surface area contributed by atoms with E-state index in [1.54, 1.807) is 0 Å². The Hall–Kier alpha value is -1.90. The molecule has 0 heterocycles. The van der Waals surface area contributed by atoms with Crippen LogP contribution in [0.5, 0.6) is 11.5 Å². The fraction of sp³-hybridized carbons (Fsp3) is 0.474. The molecule has 1 aromatic carbocycles. The first kappa shape index (κ1) is 13.7. The maximum atomic E-state index is 10.3. The second-order valence-electron chi connectivity index (χ2n) is 6.99. The van der Waals surface area contributed by atoms with Crippen molar-refractivity contribution in [2.24, 2.45) is 17.8 Å². The van der Waals surface area contributed by atoms with E-state index in [0.29, 0.717) is 29.4 Å². The zero-order valence-electron chi connectivity index (χ0n) is 12.6. The van der Waals surface area contributed by atoms with Gasteiger partial charge in [0.1, 0.15) is 17.3 Å². The summed E-state index contributed by atoms with van der Waals surface area (Å²) < 4.78 is 0. The lowest BCUT2D eigenvalue weighted by Gasteiger charge is -2.40. The van der Waals surface area contributed by atoms with Crippen molar-refractivity contribution < 1.29 is 15.3 Å². The van der Waals surface area contributed by atoms with Gasteiger partial charge in [0, 0.05) is 6.07 Å². The van der Waals surface area contributed by atoms with Gasteiger partial charge in [-0.3, -0.25) is 0 Å². The number of allylic oxidation sites excluding steroid dienone is 3. The summed E-state index contributed by atoms with van der Waals surface area (Å²) in [4.78, 5) is 0. The van der Waals surface area contributed by atoms with Crippen LogP contribution in [0.2, 0.25) is 0 Å². The molecule has 116 valence electrons. The fourth-order valence-corrected chi connectivity index (χ4v) is 4.90. The molecule has 3 heteroatoms. The summed E-state index contributed by atoms with van der Waals surface area (Å²) in [5.41, 5.74) is 2.19. The Kier molecular flexibility index (Phi) is 3.17. The first-order chi connectivity index (χ1) is 10.6. The predicted octanol–water partition coefficient (Wildman–Crippen LogP) is 4.17. The number of phenolic OH excluding ortho intramolecular Hbond substituents is 2. The van der Waals surface area contributed by atoms with Crippen LogP contribution in [0.15, 0.2) is 36.1 Å². The highest BCUT2D eigenvalue weighted by molar-refractivity contribution is 5.49. The van der Waals surface area contributed by atoms with Crippen LogP contribution in [-0.4, -0.2) is 15.3 Å². The van der Waals surface area contributed by atoms with Crippen LogP contribution in [0.25, 0.3) is 0 Å². The van der Waals surface area contributed by atoms with Gasteiger partial charge >= 0.3 is 0 Å². The second kappa shape index (κ2) is 5.08. The number of benzene rings is 1. The van der Waals surface area contributed by atoms with Crippen LogP contribution in [0.1, 0.15) is 42.7 Å². The Morgan fingerprint density at radius 1 is 1.00 bits per heavy atom. The molecule has 3 aliphatic carbocycles. The molecule has 0 amide bonds. The van der Waals surface area contributed by atoms with Gasteiger partial charge in [0.15, 0.2) is 0 Å². The first-order valence-corrected chi connectivity index (χ1v) is 8.25. The van der Waals surface area contributed by atoms with Gasteiger partial charge in [-0.2, -0.15) is 0 Å². The molecule has 3 N–H and O–H groups in total. The summed E-state index contributed by atoms with van der Waals surface area (Å²) in [6.07, 6.45) is 11.2. The molecule has 1 saturated carbocycles. The summed E-state index contributed by atoms with van der Waals surface area (Å²) >= 11 is 0. The third-order valence-corrected chi connectivity index (χ3v) is 5.87. The highest BCUT2D eigenvalue weighted by Crippen LogP contribution is 2.54. The largest absolute Gasteiger partial charge is 0.508 e. The Bertz CT molecular complexity index is 659. The smallest absolute Gasteiger partial charge is 0.122 e. The third kappa shape index (κ3) is 2.11. The van der Waals surface area contributed by atoms with Gasteiger partial charge < -0.3 is 15.3 Å². The van der Waals surface area contributed by atoms with E-state index in [1.165, 1.54) is 18.9 Å². The topological polar surface area (TPSA) is 60.7 Å². The molecule has 4 atom stereocenters. The molecule has 4 rings (SSSR count). The number of hydrogen-bond donors (Lipinski definition) is 3. The van der Waals surface area contributed by atoms with E-state index in [-0.39, 0.29) is 11.5 Å². The molecule has 0 aromatic heterocycles. The van der Waals surface area contributed by atoms with E-state index in [4.69, 9.17) is 0 Å². The van der Waals surface area contributed by atoms with Crippen molar-refractivity contribution in [2.45, 2.75) is 38.0 Å². The Labute approximate surface area is 130 Å². The molecular weight excluding hydrogens is 276 g/mol. The Balaban J connectivity index is 1.72. The number of rotatable bonds is 1. The molecule has 0 radical (unpaired) electrons. The maximum absolute atomic E-state index is 10.3. The lowest BCUT2D eigenvalue weighted by atomic mass is 9.65. The van der Waals surface area contributed by atoms with Gasteiger partial charge in [0.2, 0.25) is 0 Å². The summed E-state index contributed by atoms with van der Waals surface area (Å²) in [7, 11) is 0. The van der Waals surface area contributed by atoms with Crippen molar-refractivity contribution in [3.05, 3.63) is 47.2 Å². The molecule has 1 aromatic rings. The molecule has 1 unspecified atom stereocenters. The SMILES string of the molecule is OC1=CCC([C@@H]2Cc3c(O)cc(O)cc3[C@@H]3CCC[C@@H]32)C=C1. The number of fused-ring (bicyclic) bond motifs is 3. The van der Waals surface area contributed by atoms with Crippen LogP contribution in [0.4, 0.5) is 0 Å². The van der Waals surface area contributed by atoms with E-state index >= 15 is 0 Å². The highest BCUT2D eigenvalue weighted by Gasteiger charge is 2.43. The maximum Gasteiger partial charge on any atom is 0.122 e. The quantitative estimate of drug-likeness (QED) is 0.729. The van der Waals surface area contributed by atoms with Crippen LogP contribution >= 0.6 is 0 Å². The zero-order valence-corrected chi connectivity index (χ0v) is 12.6. The van der Waals surface area contributed by atoms with E-state index < -0.39 is 0 Å². The van der Waals surface area contributed by atoms with Crippen LogP contribution < -0.4 is 0 Å². The number of hydrogen-bond acceptors (Lipinski definition) is 3. The minimum Gasteiger partial charge on any atom is -0.508 e. The summed E-state index contributed by atoms with van der Waals surface area (Å²) in [6.45, 7) is 0. The zero-order chi connectivity index (χ0) is 15.3. The Morgan fingerprint density at radius 2 is 1.86 bits per heavy atom. The monoisotopic (exact) mass is 298 g/mol. The second-order valence-corrected chi connectivity index (χ2v) is 6.99. The van der Waals surface area contributed by atoms with Gasteiger partial charge in [-0.05, 0) is 78.7 Å². The average Bonchev–Trinajstić information content (AvgIpc) is 2.97. The molecule has 0 aliphatic heterocycles. The molecule has 3 nitrogen and oxygen atoms in total. The average molecular weight is 298 g/mol. The number of aromatic hydroxyl groups is 2. The lowest BCUT2D eigenvalue weighted by Crippen LogP contribution is -2.31. The summed E-state index contributed by atoms with van der Waals surface area (Å²) in [5, 5.41) is 29.7. The van der Waals surface area contributed by atoms with Crippen LogP contribution in [0.3, 0.4) is 0 Å². The van der Waals surface area contributed by atoms with Gasteiger partial charge in [0.05, 0.1) is 0 Å². The molecule has 0 saturated heterocycles. The van der Waals surface area contributed by atoms with Gasteiger partial charge in [-0.1, -0.05) is 12.5 Å². The van der Waals surface area contributed by atoms with Gasteiger partial charge in [-0.15, -0.1) is 0 Å². The predicted molar refractivity (Wildman–Crippen MR) is 85.0 cm³/mol. The van der Waals surface area contributed by atoms with Gasteiger partial charge in [-0.25, -0.2) is 0 Å². The molecule has 1 fully saturated rings. The highest BCUT2D eigenvalue weighted by atomic mass is 16.3. The van der Waals surface area contributed by atoms with Crippen LogP contribution in [0, 0.1) is 17.8 Å². The number of aliphatic hydroxyl groups excluding tert-OH is 1. The van der Waals surface area contributed by atoms with Crippen molar-refractivity contribution in [1.82, 2.24) is 0 Å². The van der Waals surface area contributed by atoms with Crippen molar-refractivity contribution in [3.8, 4) is 11.5 Å². The van der Waals surface area contributed by atoms with E-state index in [9.17, 15) is 15.3 Å². The molecule has 3 aliphatic rings. The van der Waals surface area contributed by atoms with E-state index in [1.807, 2.05) is 18.2 Å². The molecule has 0 spiro atoms.